The number of hydrogen-bond acceptors (Lipinski definition) is 17. The van der Waals surface area contributed by atoms with Gasteiger partial charge in [0.2, 0.25) is 11.5 Å². The van der Waals surface area contributed by atoms with E-state index in [1.165, 1.54) is 66.4 Å². The predicted octanol–water partition coefficient (Wildman–Crippen LogP) is 6.60. The summed E-state index contributed by atoms with van der Waals surface area (Å²) in [5.74, 6) is 0.356. The van der Waals surface area contributed by atoms with Crippen molar-refractivity contribution in [1.29, 1.82) is 0 Å². The lowest BCUT2D eigenvalue weighted by Gasteiger charge is -2.16. The number of aliphatic imine (C=N–C) groups is 3. The Morgan fingerprint density at radius 3 is 1.01 bits per heavy atom. The van der Waals surface area contributed by atoms with Gasteiger partial charge in [-0.2, -0.15) is 0 Å². The van der Waals surface area contributed by atoms with Crippen LogP contribution in [-0.2, 0) is 0 Å². The maximum Gasteiger partial charge on any atom is 0.311 e. The third-order valence-electron chi connectivity index (χ3n) is 10.4. The van der Waals surface area contributed by atoms with Crippen molar-refractivity contribution in [3.63, 3.8) is 0 Å². The van der Waals surface area contributed by atoms with Crippen LogP contribution in [-0.4, -0.2) is 180 Å². The highest BCUT2D eigenvalue weighted by Crippen LogP contribution is 2.31. The fourth-order valence-electron chi connectivity index (χ4n) is 6.73. The Labute approximate surface area is 439 Å². The molecule has 0 heterocycles. The van der Waals surface area contributed by atoms with Crippen LogP contribution in [0.1, 0.15) is 48.5 Å². The molecule has 0 saturated heterocycles. The molecule has 0 bridgehead atoms. The quantitative estimate of drug-likeness (QED) is 0.0301. The molecule has 0 radical (unpaired) electrons. The number of aromatic hydroxyl groups is 3. The number of rotatable bonds is 9. The Morgan fingerprint density at radius 2 is 0.671 bits per heavy atom. The molecular weight excluding hydrogens is 991 g/mol. The van der Waals surface area contributed by atoms with E-state index in [2.05, 4.69) is 15.0 Å². The Hall–Kier alpha value is -9.75. The second kappa shape index (κ2) is 29.7. The minimum Gasteiger partial charge on any atom is -0.505 e. The molecule has 0 spiro atoms. The van der Waals surface area contributed by atoms with E-state index in [0.29, 0.717) is 45.2 Å². The highest BCUT2D eigenvalue weighted by Gasteiger charge is 2.23. The minimum atomic E-state index is -0.734. The molecule has 26 nitrogen and oxygen atoms in total. The SMILES string of the molecule is CN(C)C(=O)c1cccc([N+](=O)[O-])c1O.CN=C(c1cccc(N)c1O)N(C)C.CN=C(c1cccc([N+](=O)[O-])c1C)N(C)C.CN=C(c1cccc([N+](=O)[O-])c1O)N(C)C.Cc1c(C(=O)N(C)C)cccc1[N+](=O)[O-]. The Kier molecular flexibility index (Phi) is 25.1. The van der Waals surface area contributed by atoms with Crippen LogP contribution >= 0.6 is 0 Å². The van der Waals surface area contributed by atoms with E-state index in [9.17, 15) is 65.4 Å². The van der Waals surface area contributed by atoms with Crippen molar-refractivity contribution in [3.05, 3.63) is 170 Å². The monoisotopic (exact) mass is 1060 g/mol. The van der Waals surface area contributed by atoms with Crippen molar-refractivity contribution in [3.8, 4) is 17.2 Å². The van der Waals surface area contributed by atoms with Gasteiger partial charge in [-0.15, -0.1) is 0 Å². The van der Waals surface area contributed by atoms with Gasteiger partial charge >= 0.3 is 11.4 Å². The molecule has 408 valence electrons. The molecule has 0 aliphatic carbocycles. The first kappa shape index (κ1) is 64.3. The molecule has 0 aliphatic rings. The summed E-state index contributed by atoms with van der Waals surface area (Å²) in [6, 6.07) is 22.9. The summed E-state index contributed by atoms with van der Waals surface area (Å²) < 4.78 is 0. The standard InChI is InChI=1S/C11H15N3O2.C10H13N3O3.C10H15N3O.C10H12N2O3.C9H10N2O4/c1-8-9(11(12-2)13(3)4)6-5-7-10(8)14(15)16;1-11-10(12(2)3)7-5-4-6-8(9(7)14)13(15)16;1-12-10(13(2)3)7-5-4-6-8(11)9(7)14;1-7-8(10(13)11(2)3)5-4-6-9(7)12(14)15;1-10(2)9(13)6-4-3-5-7(8(6)12)11(14)15/h5-7H,1-4H3;4-6,14H,1-3H3;4-6,14H,11H2,1-3H3;4-6H,1-3H3;3-5,12H,1-2H3. The van der Waals surface area contributed by atoms with Crippen LogP contribution in [0.5, 0.6) is 17.2 Å². The number of amidine groups is 3. The van der Waals surface area contributed by atoms with Crippen molar-refractivity contribution >= 4 is 57.8 Å². The summed E-state index contributed by atoms with van der Waals surface area (Å²) in [4.78, 5) is 83.7. The number of anilines is 1. The second-order valence-electron chi connectivity index (χ2n) is 16.7. The average Bonchev–Trinajstić information content (AvgIpc) is 3.34. The molecule has 26 heteroatoms. The van der Waals surface area contributed by atoms with E-state index in [1.54, 1.807) is 104 Å². The average molecular weight is 1060 g/mol. The van der Waals surface area contributed by atoms with Gasteiger partial charge in [-0.3, -0.25) is 65.0 Å². The summed E-state index contributed by atoms with van der Waals surface area (Å²) in [7, 11) is 22.1. The third kappa shape index (κ3) is 17.2. The van der Waals surface area contributed by atoms with Crippen LogP contribution in [0.25, 0.3) is 0 Å². The minimum absolute atomic E-state index is 0.0253. The van der Waals surface area contributed by atoms with Crippen LogP contribution in [0, 0.1) is 54.3 Å². The third-order valence-corrected chi connectivity index (χ3v) is 10.4. The number of nitrogens with zero attached hydrogens (tertiary/aromatic N) is 12. The molecular formula is C50H65N13O13. The number of phenolic OH excluding ortho intramolecular Hbond substituents is 3. The topological polar surface area (TPSA) is 347 Å². The number of benzene rings is 5. The number of phenols is 3. The first-order valence-electron chi connectivity index (χ1n) is 22.3. The molecule has 0 aromatic heterocycles. The Balaban J connectivity index is 0.000000475. The number of nitrogens with two attached hydrogens (primary N) is 1. The molecule has 5 aromatic carbocycles. The smallest absolute Gasteiger partial charge is 0.311 e. The van der Waals surface area contributed by atoms with Gasteiger partial charge in [-0.25, -0.2) is 0 Å². The lowest BCUT2D eigenvalue weighted by molar-refractivity contribution is -0.386. The van der Waals surface area contributed by atoms with Gasteiger partial charge in [0.1, 0.15) is 23.3 Å². The molecule has 2 amide bonds. The van der Waals surface area contributed by atoms with Gasteiger partial charge in [0.05, 0.1) is 42.1 Å². The number of nitro benzene ring substituents is 4. The van der Waals surface area contributed by atoms with E-state index in [1.807, 2.05) is 44.1 Å². The van der Waals surface area contributed by atoms with Crippen LogP contribution in [0.3, 0.4) is 0 Å². The number of carbonyl (C=O) groups is 2. The second-order valence-corrected chi connectivity index (χ2v) is 16.7. The maximum absolute atomic E-state index is 11.6. The van der Waals surface area contributed by atoms with E-state index >= 15 is 0 Å². The summed E-state index contributed by atoms with van der Waals surface area (Å²) in [5.41, 5.74) is 8.40. The molecule has 0 fully saturated rings. The summed E-state index contributed by atoms with van der Waals surface area (Å²) in [6.45, 7) is 3.32. The lowest BCUT2D eigenvalue weighted by atomic mass is 10.1. The van der Waals surface area contributed by atoms with Gasteiger partial charge in [0, 0.05) is 138 Å². The number of nitrogen functional groups attached to an aromatic ring is 1. The van der Waals surface area contributed by atoms with Crippen LogP contribution in [0.15, 0.2) is 106 Å². The van der Waals surface area contributed by atoms with Gasteiger partial charge in [0.15, 0.2) is 0 Å². The van der Waals surface area contributed by atoms with Gasteiger partial charge in [-0.05, 0) is 44.2 Å². The molecule has 0 aliphatic heterocycles. The number of amides is 2. The van der Waals surface area contributed by atoms with E-state index < -0.39 is 32.1 Å². The van der Waals surface area contributed by atoms with Crippen molar-refractivity contribution in [2.45, 2.75) is 13.8 Å². The first-order valence-corrected chi connectivity index (χ1v) is 22.3. The largest absolute Gasteiger partial charge is 0.505 e. The molecule has 5 N–H and O–H groups in total. The molecule has 76 heavy (non-hydrogen) atoms. The lowest BCUT2D eigenvalue weighted by Crippen LogP contribution is -2.24. The molecule has 0 unspecified atom stereocenters. The van der Waals surface area contributed by atoms with Crippen molar-refractivity contribution in [1.82, 2.24) is 24.5 Å². The zero-order valence-electron chi connectivity index (χ0n) is 45.0. The highest BCUT2D eigenvalue weighted by molar-refractivity contribution is 6.03. The fraction of sp³-hybridized carbons (Fsp3) is 0.300. The molecule has 5 rings (SSSR count). The highest BCUT2D eigenvalue weighted by atomic mass is 16.6. The zero-order valence-corrected chi connectivity index (χ0v) is 45.0. The fourth-order valence-corrected chi connectivity index (χ4v) is 6.73. The Bertz CT molecular complexity index is 2830. The summed E-state index contributed by atoms with van der Waals surface area (Å²) >= 11 is 0. The van der Waals surface area contributed by atoms with Crippen molar-refractivity contribution < 1.29 is 44.6 Å². The van der Waals surface area contributed by atoms with Gasteiger partial charge in [-0.1, -0.05) is 36.4 Å². The zero-order chi connectivity index (χ0) is 58.5. The van der Waals surface area contributed by atoms with Gasteiger partial charge < -0.3 is 45.6 Å². The van der Waals surface area contributed by atoms with E-state index in [-0.39, 0.29) is 45.0 Å². The predicted molar refractivity (Wildman–Crippen MR) is 292 cm³/mol. The number of para-hydroxylation sites is 3. The molecule has 0 atom stereocenters. The van der Waals surface area contributed by atoms with Crippen molar-refractivity contribution in [2.75, 3.05) is 97.4 Å². The number of carbonyl (C=O) groups excluding carboxylic acids is 2. The summed E-state index contributed by atoms with van der Waals surface area (Å²) in [5, 5.41) is 71.6. The van der Waals surface area contributed by atoms with Crippen LogP contribution in [0.2, 0.25) is 0 Å². The first-order chi connectivity index (χ1) is 35.4. The van der Waals surface area contributed by atoms with Crippen LogP contribution in [0.4, 0.5) is 28.4 Å². The van der Waals surface area contributed by atoms with E-state index in [4.69, 9.17) is 5.73 Å². The summed E-state index contributed by atoms with van der Waals surface area (Å²) in [6.07, 6.45) is 0. The Morgan fingerprint density at radius 1 is 0.408 bits per heavy atom. The molecule has 5 aromatic rings. The maximum atomic E-state index is 11.6. The van der Waals surface area contributed by atoms with Crippen molar-refractivity contribution in [2.24, 2.45) is 15.0 Å². The number of hydrogen-bond donors (Lipinski definition) is 4. The van der Waals surface area contributed by atoms with Crippen LogP contribution < -0.4 is 5.73 Å². The molecule has 0 saturated carbocycles. The normalized spacial score (nSPS) is 10.8. The number of nitro groups is 4. The van der Waals surface area contributed by atoms with E-state index in [0.717, 1.165) is 17.5 Å². The van der Waals surface area contributed by atoms with Gasteiger partial charge in [0.25, 0.3) is 23.2 Å².